The van der Waals surface area contributed by atoms with Gasteiger partial charge in [-0.1, -0.05) is 30.3 Å². The van der Waals surface area contributed by atoms with Gasteiger partial charge in [0.1, 0.15) is 0 Å². The number of rotatable bonds is 3. The summed E-state index contributed by atoms with van der Waals surface area (Å²) in [6.45, 7) is 0.655. The van der Waals surface area contributed by atoms with Crippen LogP contribution in [0.4, 0.5) is 0 Å². The number of carboxylic acids is 1. The molecule has 0 unspecified atom stereocenters. The van der Waals surface area contributed by atoms with Crippen molar-refractivity contribution in [2.45, 2.75) is 6.54 Å². The topological polar surface area (TPSA) is 44.0 Å². The third-order valence-corrected chi connectivity index (χ3v) is 2.30. The van der Waals surface area contributed by atoms with Crippen LogP contribution in [0.5, 0.6) is 0 Å². The minimum Gasteiger partial charge on any atom is -1.00 e. The molecule has 0 saturated carbocycles. The van der Waals surface area contributed by atoms with Crippen molar-refractivity contribution in [1.29, 1.82) is 0 Å². The number of aromatic carboxylic acids is 1. The van der Waals surface area contributed by atoms with Crippen LogP contribution in [0.3, 0.4) is 0 Å². The molecule has 0 aliphatic rings. The van der Waals surface area contributed by atoms with Gasteiger partial charge in [-0.25, -0.2) is 4.57 Å². The van der Waals surface area contributed by atoms with Gasteiger partial charge in [-0.3, -0.25) is 0 Å². The Labute approximate surface area is 124 Å². The SMILES string of the molecule is O=C([O-])c1ccc[n+](Cc2ccccc2)c1.[H-].[Na+]. The van der Waals surface area contributed by atoms with Crippen molar-refractivity contribution < 1.29 is 45.5 Å². The predicted octanol–water partition coefficient (Wildman–Crippen LogP) is -2.50. The van der Waals surface area contributed by atoms with E-state index in [0.717, 1.165) is 5.56 Å². The number of benzene rings is 1. The molecule has 0 radical (unpaired) electrons. The second-order valence-corrected chi connectivity index (χ2v) is 3.54. The van der Waals surface area contributed by atoms with Gasteiger partial charge in [0.25, 0.3) is 0 Å². The number of carboxylic acid groups (broad SMARTS) is 1. The van der Waals surface area contributed by atoms with Crippen LogP contribution in [-0.4, -0.2) is 5.97 Å². The molecule has 0 bridgehead atoms. The molecule has 0 spiro atoms. The molecule has 1 aromatic carbocycles. The fourth-order valence-electron chi connectivity index (χ4n) is 1.54. The van der Waals surface area contributed by atoms with Crippen molar-refractivity contribution >= 4 is 5.97 Å². The first-order valence-electron chi connectivity index (χ1n) is 5.00. The van der Waals surface area contributed by atoms with E-state index in [-0.39, 0.29) is 36.5 Å². The van der Waals surface area contributed by atoms with Crippen LogP contribution in [-0.2, 0) is 6.54 Å². The van der Waals surface area contributed by atoms with E-state index < -0.39 is 5.97 Å². The Hall–Kier alpha value is -1.16. The smallest absolute Gasteiger partial charge is 1.00 e. The monoisotopic (exact) mass is 237 g/mol. The first kappa shape index (κ1) is 13.9. The van der Waals surface area contributed by atoms with E-state index in [2.05, 4.69) is 0 Å². The molecule has 0 aliphatic heterocycles. The summed E-state index contributed by atoms with van der Waals surface area (Å²) < 4.78 is 1.82. The zero-order chi connectivity index (χ0) is 11.4. The molecule has 0 aliphatic carbocycles. The number of carbonyl (C=O) groups excluding carboxylic acids is 1. The molecule has 2 rings (SSSR count). The molecule has 4 heteroatoms. The van der Waals surface area contributed by atoms with Crippen LogP contribution in [0.25, 0.3) is 0 Å². The molecule has 0 fully saturated rings. The second-order valence-electron chi connectivity index (χ2n) is 3.54. The molecule has 82 valence electrons. The van der Waals surface area contributed by atoms with Gasteiger partial charge in [0.2, 0.25) is 0 Å². The van der Waals surface area contributed by atoms with E-state index in [1.807, 2.05) is 41.1 Å². The van der Waals surface area contributed by atoms with E-state index in [9.17, 15) is 9.90 Å². The van der Waals surface area contributed by atoms with Crippen LogP contribution in [0.2, 0.25) is 0 Å². The summed E-state index contributed by atoms with van der Waals surface area (Å²) >= 11 is 0. The quantitative estimate of drug-likeness (QED) is 0.437. The predicted molar refractivity (Wildman–Crippen MR) is 57.6 cm³/mol. The molecule has 0 saturated heterocycles. The summed E-state index contributed by atoms with van der Waals surface area (Å²) in [6.07, 6.45) is 3.40. The third kappa shape index (κ3) is 3.97. The minimum absolute atomic E-state index is 0. The Bertz CT molecular complexity index is 505. The summed E-state index contributed by atoms with van der Waals surface area (Å²) in [4.78, 5) is 10.7. The van der Waals surface area contributed by atoms with Gasteiger partial charge in [-0.2, -0.15) is 0 Å². The van der Waals surface area contributed by atoms with E-state index >= 15 is 0 Å². The Kier molecular flexibility index (Phi) is 5.35. The average molecular weight is 237 g/mol. The number of nitrogens with zero attached hydrogens (tertiary/aromatic N) is 1. The molecule has 1 aromatic heterocycles. The maximum absolute atomic E-state index is 10.7. The van der Waals surface area contributed by atoms with E-state index in [1.54, 1.807) is 12.3 Å². The largest absolute Gasteiger partial charge is 1.00 e. The number of carbonyl (C=O) groups is 1. The van der Waals surface area contributed by atoms with Crippen molar-refractivity contribution in [3.63, 3.8) is 0 Å². The average Bonchev–Trinajstić information content (AvgIpc) is 2.30. The summed E-state index contributed by atoms with van der Waals surface area (Å²) in [5.74, 6) is -1.15. The third-order valence-electron chi connectivity index (χ3n) is 2.30. The van der Waals surface area contributed by atoms with Gasteiger partial charge >= 0.3 is 29.6 Å². The molecule has 0 amide bonds. The molecule has 17 heavy (non-hydrogen) atoms. The van der Waals surface area contributed by atoms with Crippen LogP contribution >= 0.6 is 0 Å². The molecule has 0 N–H and O–H groups in total. The summed E-state index contributed by atoms with van der Waals surface area (Å²) in [5.41, 5.74) is 1.32. The van der Waals surface area contributed by atoms with Gasteiger partial charge in [-0.15, -0.1) is 0 Å². The Morgan fingerprint density at radius 2 is 1.88 bits per heavy atom. The van der Waals surface area contributed by atoms with Crippen LogP contribution < -0.4 is 39.2 Å². The van der Waals surface area contributed by atoms with Crippen molar-refractivity contribution in [1.82, 2.24) is 0 Å². The first-order chi connectivity index (χ1) is 7.75. The van der Waals surface area contributed by atoms with Crippen molar-refractivity contribution in [3.8, 4) is 0 Å². The maximum atomic E-state index is 10.7. The van der Waals surface area contributed by atoms with Gasteiger partial charge in [-0.05, 0) is 6.07 Å². The minimum atomic E-state index is -1.15. The van der Waals surface area contributed by atoms with Crippen LogP contribution in [0.15, 0.2) is 54.9 Å². The Morgan fingerprint density at radius 3 is 2.53 bits per heavy atom. The fraction of sp³-hybridized carbons (Fsp3) is 0.0769. The van der Waals surface area contributed by atoms with E-state index in [0.29, 0.717) is 6.54 Å². The van der Waals surface area contributed by atoms with Crippen LogP contribution in [0, 0.1) is 0 Å². The summed E-state index contributed by atoms with van der Waals surface area (Å²) in [5, 5.41) is 10.7. The van der Waals surface area contributed by atoms with Crippen molar-refractivity contribution in [2.75, 3.05) is 0 Å². The normalized spacial score (nSPS) is 9.41. The number of pyridine rings is 1. The molecular formula is C13H12NNaO2. The van der Waals surface area contributed by atoms with E-state index in [1.165, 1.54) is 6.07 Å². The first-order valence-corrected chi connectivity index (χ1v) is 5.00. The maximum Gasteiger partial charge on any atom is 1.00 e. The molecule has 2 aromatic rings. The standard InChI is InChI=1S/C13H11NO2.Na.H/c15-13(16)12-7-4-8-14(10-12)9-11-5-2-1-3-6-11;;/h1-8,10H,9H2;;/q;+1;-1. The molecule has 1 heterocycles. The molecule has 3 nitrogen and oxygen atoms in total. The van der Waals surface area contributed by atoms with E-state index in [4.69, 9.17) is 0 Å². The van der Waals surface area contributed by atoms with Gasteiger partial charge in [0, 0.05) is 11.6 Å². The Balaban J connectivity index is 0.00000144. The molecule has 0 atom stereocenters. The number of aromatic nitrogens is 1. The number of hydrogen-bond acceptors (Lipinski definition) is 2. The summed E-state index contributed by atoms with van der Waals surface area (Å²) in [6, 6.07) is 13.1. The van der Waals surface area contributed by atoms with Gasteiger partial charge < -0.3 is 11.3 Å². The zero-order valence-electron chi connectivity index (χ0n) is 10.7. The Morgan fingerprint density at radius 1 is 1.18 bits per heavy atom. The van der Waals surface area contributed by atoms with Gasteiger partial charge in [0.15, 0.2) is 18.9 Å². The van der Waals surface area contributed by atoms with Gasteiger partial charge in [0.05, 0.1) is 11.5 Å². The van der Waals surface area contributed by atoms with Crippen LogP contribution in [0.1, 0.15) is 17.3 Å². The van der Waals surface area contributed by atoms with Crippen molar-refractivity contribution in [2.24, 2.45) is 0 Å². The molecular weight excluding hydrogens is 225 g/mol. The summed E-state index contributed by atoms with van der Waals surface area (Å²) in [7, 11) is 0. The zero-order valence-corrected chi connectivity index (χ0v) is 11.7. The fourth-order valence-corrected chi connectivity index (χ4v) is 1.54. The van der Waals surface area contributed by atoms with Crippen molar-refractivity contribution in [3.05, 3.63) is 66.0 Å². The second kappa shape index (κ2) is 6.55. The number of hydrogen-bond donors (Lipinski definition) is 0.